The Kier molecular flexibility index (Phi) is 4.63. The molecule has 0 bridgehead atoms. The van der Waals surface area contributed by atoms with Crippen LogP contribution in [-0.2, 0) is 9.59 Å². The second-order valence-corrected chi connectivity index (χ2v) is 7.17. The molecule has 3 aliphatic rings. The highest BCUT2D eigenvalue weighted by molar-refractivity contribution is 6.05. The second-order valence-electron chi connectivity index (χ2n) is 7.17. The fourth-order valence-corrected chi connectivity index (χ4v) is 4.64. The lowest BCUT2D eigenvalue weighted by atomic mass is 9.71. The van der Waals surface area contributed by atoms with Crippen LogP contribution in [0, 0.1) is 11.8 Å². The highest BCUT2D eigenvalue weighted by Crippen LogP contribution is 2.38. The lowest BCUT2D eigenvalue weighted by molar-refractivity contribution is -0.137. The molecule has 2 saturated carbocycles. The molecule has 0 aromatic heterocycles. The predicted molar refractivity (Wildman–Crippen MR) is 81.6 cm³/mol. The van der Waals surface area contributed by atoms with Crippen LogP contribution in [0.4, 0.5) is 0 Å². The molecule has 3 fully saturated rings. The standard InChI is InChI=1S/C17H28N2O2/c1-19-16(20)11-15(17(19)21)18-14-10-6-5-9-13(14)12-7-3-2-4-8-12/h12-15,18H,2-11H2,1H3. The molecule has 3 unspecified atom stereocenters. The van der Waals surface area contributed by atoms with E-state index in [9.17, 15) is 9.59 Å². The van der Waals surface area contributed by atoms with Crippen molar-refractivity contribution in [2.24, 2.45) is 11.8 Å². The molecule has 4 heteroatoms. The summed E-state index contributed by atoms with van der Waals surface area (Å²) >= 11 is 0. The zero-order valence-electron chi connectivity index (χ0n) is 13.1. The fraction of sp³-hybridized carbons (Fsp3) is 0.882. The Bertz CT molecular complexity index is 404. The number of likely N-dealkylation sites (tertiary alicyclic amines) is 1. The van der Waals surface area contributed by atoms with Gasteiger partial charge in [0.2, 0.25) is 11.8 Å². The van der Waals surface area contributed by atoms with Crippen molar-refractivity contribution < 1.29 is 9.59 Å². The molecule has 118 valence electrons. The smallest absolute Gasteiger partial charge is 0.246 e. The van der Waals surface area contributed by atoms with Crippen LogP contribution in [-0.4, -0.2) is 35.8 Å². The molecule has 2 amide bonds. The van der Waals surface area contributed by atoms with Crippen molar-refractivity contribution in [3.63, 3.8) is 0 Å². The number of imide groups is 1. The van der Waals surface area contributed by atoms with Crippen LogP contribution in [0.5, 0.6) is 0 Å². The van der Waals surface area contributed by atoms with Gasteiger partial charge in [-0.15, -0.1) is 0 Å². The lowest BCUT2D eigenvalue weighted by Gasteiger charge is -2.40. The molecule has 0 aromatic rings. The Labute approximate surface area is 127 Å². The van der Waals surface area contributed by atoms with Gasteiger partial charge in [-0.05, 0) is 24.7 Å². The van der Waals surface area contributed by atoms with Crippen molar-refractivity contribution in [2.45, 2.75) is 76.3 Å². The molecule has 1 N–H and O–H groups in total. The third-order valence-corrected chi connectivity index (χ3v) is 5.87. The molecule has 2 aliphatic carbocycles. The molecule has 3 rings (SSSR count). The van der Waals surface area contributed by atoms with Gasteiger partial charge in [0.15, 0.2) is 0 Å². The van der Waals surface area contributed by atoms with Gasteiger partial charge in [0, 0.05) is 13.1 Å². The lowest BCUT2D eigenvalue weighted by Crippen LogP contribution is -2.49. The number of rotatable bonds is 3. The van der Waals surface area contributed by atoms with Gasteiger partial charge >= 0.3 is 0 Å². The fourth-order valence-electron chi connectivity index (χ4n) is 4.64. The van der Waals surface area contributed by atoms with Gasteiger partial charge in [0.25, 0.3) is 0 Å². The molecule has 0 aromatic carbocycles. The van der Waals surface area contributed by atoms with Crippen LogP contribution in [0.3, 0.4) is 0 Å². The van der Waals surface area contributed by atoms with E-state index in [0.717, 1.165) is 5.92 Å². The van der Waals surface area contributed by atoms with Crippen LogP contribution < -0.4 is 5.32 Å². The van der Waals surface area contributed by atoms with Gasteiger partial charge in [-0.25, -0.2) is 0 Å². The van der Waals surface area contributed by atoms with E-state index in [-0.39, 0.29) is 17.9 Å². The minimum Gasteiger partial charge on any atom is -0.302 e. The van der Waals surface area contributed by atoms with Gasteiger partial charge in [-0.3, -0.25) is 14.5 Å². The second kappa shape index (κ2) is 6.47. The van der Waals surface area contributed by atoms with E-state index in [0.29, 0.717) is 18.4 Å². The molecule has 0 radical (unpaired) electrons. The summed E-state index contributed by atoms with van der Waals surface area (Å²) in [6.07, 6.45) is 12.3. The largest absolute Gasteiger partial charge is 0.302 e. The number of likely N-dealkylation sites (N-methyl/N-ethyl adjacent to an activating group) is 1. The third-order valence-electron chi connectivity index (χ3n) is 5.87. The summed E-state index contributed by atoms with van der Waals surface area (Å²) in [6, 6.07) is 0.173. The topological polar surface area (TPSA) is 49.4 Å². The SMILES string of the molecule is CN1C(=O)CC(NC2CCCCC2C2CCCCC2)C1=O. The zero-order valence-corrected chi connectivity index (χ0v) is 13.1. The number of nitrogens with one attached hydrogen (secondary N) is 1. The zero-order chi connectivity index (χ0) is 14.8. The van der Waals surface area contributed by atoms with Gasteiger partial charge in [-0.1, -0.05) is 44.9 Å². The van der Waals surface area contributed by atoms with E-state index in [2.05, 4.69) is 5.32 Å². The van der Waals surface area contributed by atoms with Gasteiger partial charge in [-0.2, -0.15) is 0 Å². The summed E-state index contributed by atoms with van der Waals surface area (Å²) in [7, 11) is 1.60. The average Bonchev–Trinajstić information content (AvgIpc) is 2.76. The first-order valence-corrected chi connectivity index (χ1v) is 8.73. The van der Waals surface area contributed by atoms with E-state index >= 15 is 0 Å². The Morgan fingerprint density at radius 1 is 0.952 bits per heavy atom. The molecule has 1 saturated heterocycles. The average molecular weight is 292 g/mol. The van der Waals surface area contributed by atoms with E-state index in [1.807, 2.05) is 0 Å². The Hall–Kier alpha value is -0.900. The molecular weight excluding hydrogens is 264 g/mol. The maximum absolute atomic E-state index is 12.1. The molecular formula is C17H28N2O2. The monoisotopic (exact) mass is 292 g/mol. The first-order valence-electron chi connectivity index (χ1n) is 8.73. The van der Waals surface area contributed by atoms with E-state index < -0.39 is 0 Å². The summed E-state index contributed by atoms with van der Waals surface area (Å²) in [5, 5.41) is 3.56. The predicted octanol–water partition coefficient (Wildman–Crippen LogP) is 2.47. The van der Waals surface area contributed by atoms with Crippen LogP contribution in [0.15, 0.2) is 0 Å². The quantitative estimate of drug-likeness (QED) is 0.813. The minimum absolute atomic E-state index is 0.0343. The summed E-state index contributed by atoms with van der Waals surface area (Å²) < 4.78 is 0. The molecule has 4 nitrogen and oxygen atoms in total. The van der Waals surface area contributed by atoms with Crippen LogP contribution in [0.25, 0.3) is 0 Å². The number of carbonyl (C=O) groups is 2. The van der Waals surface area contributed by atoms with Crippen LogP contribution >= 0.6 is 0 Å². The van der Waals surface area contributed by atoms with Crippen molar-refractivity contribution >= 4 is 11.8 Å². The highest BCUT2D eigenvalue weighted by atomic mass is 16.2. The van der Waals surface area contributed by atoms with Crippen molar-refractivity contribution in [1.29, 1.82) is 0 Å². The Morgan fingerprint density at radius 2 is 1.62 bits per heavy atom. The van der Waals surface area contributed by atoms with Gasteiger partial charge in [0.1, 0.15) is 0 Å². The third kappa shape index (κ3) is 3.15. The molecule has 0 spiro atoms. The Morgan fingerprint density at radius 3 is 2.29 bits per heavy atom. The maximum atomic E-state index is 12.1. The van der Waals surface area contributed by atoms with Crippen LogP contribution in [0.1, 0.15) is 64.2 Å². The molecule has 1 aliphatic heterocycles. The molecule has 21 heavy (non-hydrogen) atoms. The first kappa shape index (κ1) is 15.0. The molecule has 1 heterocycles. The van der Waals surface area contributed by atoms with Gasteiger partial charge in [0.05, 0.1) is 12.5 Å². The summed E-state index contributed by atoms with van der Waals surface area (Å²) in [5.74, 6) is 1.48. The number of hydrogen-bond donors (Lipinski definition) is 1. The summed E-state index contributed by atoms with van der Waals surface area (Å²) in [5.41, 5.74) is 0. The number of carbonyl (C=O) groups excluding carboxylic acids is 2. The minimum atomic E-state index is -0.267. The normalized spacial score (nSPS) is 35.5. The van der Waals surface area contributed by atoms with Crippen LogP contribution in [0.2, 0.25) is 0 Å². The summed E-state index contributed by atoms with van der Waals surface area (Å²) in [6.45, 7) is 0. The Balaban J connectivity index is 1.64. The maximum Gasteiger partial charge on any atom is 0.246 e. The first-order chi connectivity index (χ1) is 10.2. The van der Waals surface area contributed by atoms with E-state index in [1.54, 1.807) is 7.05 Å². The number of nitrogens with zero attached hydrogens (tertiary/aromatic N) is 1. The van der Waals surface area contributed by atoms with Crippen molar-refractivity contribution in [1.82, 2.24) is 10.2 Å². The van der Waals surface area contributed by atoms with E-state index in [4.69, 9.17) is 0 Å². The summed E-state index contributed by atoms with van der Waals surface area (Å²) in [4.78, 5) is 25.1. The molecule has 3 atom stereocenters. The van der Waals surface area contributed by atoms with Crippen molar-refractivity contribution in [3.8, 4) is 0 Å². The van der Waals surface area contributed by atoms with E-state index in [1.165, 1.54) is 62.7 Å². The number of hydrogen-bond acceptors (Lipinski definition) is 3. The van der Waals surface area contributed by atoms with Crippen molar-refractivity contribution in [2.75, 3.05) is 7.05 Å². The van der Waals surface area contributed by atoms with Crippen molar-refractivity contribution in [3.05, 3.63) is 0 Å². The highest BCUT2D eigenvalue weighted by Gasteiger charge is 2.40. The number of amides is 2. The van der Waals surface area contributed by atoms with Gasteiger partial charge < -0.3 is 5.32 Å².